The molecule has 2 atom stereocenters. The minimum Gasteiger partial charge on any atom is -0.396 e. The molecule has 4 rings (SSSR count). The molecule has 1 aromatic carbocycles. The van der Waals surface area contributed by atoms with E-state index in [1.165, 1.54) is 15.4 Å². The fraction of sp³-hybridized carbons (Fsp3) is 0.500. The second-order valence-electron chi connectivity index (χ2n) is 6.93. The largest absolute Gasteiger partial charge is 0.396 e. The van der Waals surface area contributed by atoms with Gasteiger partial charge in [0.05, 0.1) is 0 Å². The Hall–Kier alpha value is -2.61. The van der Waals surface area contributed by atoms with Crippen molar-refractivity contribution in [2.75, 3.05) is 38.2 Å². The van der Waals surface area contributed by atoms with E-state index in [1.54, 1.807) is 7.05 Å². The Bertz CT molecular complexity index is 763. The molecule has 0 spiro atoms. The van der Waals surface area contributed by atoms with Gasteiger partial charge in [-0.1, -0.05) is 17.7 Å². The quantitative estimate of drug-likeness (QED) is 0.847. The summed E-state index contributed by atoms with van der Waals surface area (Å²) in [6.07, 6.45) is -0.116. The van der Waals surface area contributed by atoms with Gasteiger partial charge in [0.25, 0.3) is 5.91 Å². The number of carbonyl (C=O) groups excluding carboxylic acids is 2. The van der Waals surface area contributed by atoms with Crippen molar-refractivity contribution in [1.29, 1.82) is 0 Å². The van der Waals surface area contributed by atoms with Crippen LogP contribution in [0.4, 0.5) is 10.5 Å². The van der Waals surface area contributed by atoms with Crippen LogP contribution in [0.25, 0.3) is 0 Å². The van der Waals surface area contributed by atoms with Crippen LogP contribution in [0.3, 0.4) is 0 Å². The molecule has 3 aliphatic heterocycles. The number of anilines is 1. The molecule has 3 aliphatic rings. The smallest absolute Gasteiger partial charge is 0.328 e. The zero-order chi connectivity index (χ0) is 18.4. The number of aliphatic imine (C=N–C) groups is 1. The van der Waals surface area contributed by atoms with Crippen LogP contribution in [-0.2, 0) is 4.79 Å². The number of benzene rings is 1. The number of amides is 3. The van der Waals surface area contributed by atoms with E-state index in [9.17, 15) is 9.59 Å². The van der Waals surface area contributed by atoms with Gasteiger partial charge in [-0.3, -0.25) is 9.69 Å². The maximum absolute atomic E-state index is 13.0. The Morgan fingerprint density at radius 2 is 1.92 bits per heavy atom. The molecular formula is C18H23N5O3. The second-order valence-corrected chi connectivity index (χ2v) is 6.93. The normalized spacial score (nSPS) is 25.0. The van der Waals surface area contributed by atoms with Crippen molar-refractivity contribution in [2.24, 2.45) is 4.99 Å². The molecule has 3 amide bonds. The van der Waals surface area contributed by atoms with Crippen LogP contribution in [0.1, 0.15) is 12.0 Å². The average molecular weight is 357 g/mol. The minimum absolute atomic E-state index is 0.0540. The minimum atomic E-state index is -0.497. The number of urea groups is 1. The molecule has 0 aromatic heterocycles. The van der Waals surface area contributed by atoms with Crippen LogP contribution in [0.2, 0.25) is 0 Å². The molecule has 0 bridgehead atoms. The van der Waals surface area contributed by atoms with Gasteiger partial charge in [0.2, 0.25) is 5.96 Å². The fourth-order valence-corrected chi connectivity index (χ4v) is 3.84. The maximum atomic E-state index is 13.0. The predicted octanol–water partition coefficient (Wildman–Crippen LogP) is 0.458. The summed E-state index contributed by atoms with van der Waals surface area (Å²) in [6, 6.07) is 7.37. The first-order valence-corrected chi connectivity index (χ1v) is 8.90. The lowest BCUT2D eigenvalue weighted by Gasteiger charge is -2.40. The van der Waals surface area contributed by atoms with Gasteiger partial charge in [0.1, 0.15) is 0 Å². The first kappa shape index (κ1) is 16.8. The number of aliphatic hydroxyl groups excluding tert-OH is 1. The zero-order valence-corrected chi connectivity index (χ0v) is 15.0. The van der Waals surface area contributed by atoms with Gasteiger partial charge in [-0.05, 0) is 25.5 Å². The summed E-state index contributed by atoms with van der Waals surface area (Å²) < 4.78 is 0. The number of hydrogen-bond donors (Lipinski definition) is 1. The van der Waals surface area contributed by atoms with E-state index in [2.05, 4.69) is 17.0 Å². The lowest BCUT2D eigenvalue weighted by Crippen LogP contribution is -2.64. The standard InChI is InChI=1S/C18H23N5O3/c1-12-4-6-13(7-5-12)21-9-10-22-14-15(19-17(21)22)20(2)18(26)23(16(14)25)8-3-11-24/h4-7,14-15,24H,3,8-11H2,1-2H3. The van der Waals surface area contributed by atoms with Gasteiger partial charge in [0, 0.05) is 39.0 Å². The van der Waals surface area contributed by atoms with Crippen LogP contribution in [-0.4, -0.2) is 83.2 Å². The van der Waals surface area contributed by atoms with Crippen molar-refractivity contribution >= 4 is 23.6 Å². The Morgan fingerprint density at radius 3 is 2.62 bits per heavy atom. The number of fused-ring (bicyclic) bond motifs is 3. The third kappa shape index (κ3) is 2.44. The number of carbonyl (C=O) groups is 2. The summed E-state index contributed by atoms with van der Waals surface area (Å²) in [5, 5.41) is 9.05. The SMILES string of the molecule is Cc1ccc(N2CCN3C2=NC2C3C(=O)N(CCCO)C(=O)N2C)cc1. The van der Waals surface area contributed by atoms with Crippen molar-refractivity contribution in [3.8, 4) is 0 Å². The third-order valence-corrected chi connectivity index (χ3v) is 5.26. The summed E-state index contributed by atoms with van der Waals surface area (Å²) in [5.41, 5.74) is 2.22. The highest BCUT2D eigenvalue weighted by atomic mass is 16.3. The summed E-state index contributed by atoms with van der Waals surface area (Å²) in [6.45, 7) is 3.66. The molecule has 1 N–H and O–H groups in total. The van der Waals surface area contributed by atoms with Crippen LogP contribution < -0.4 is 4.90 Å². The molecule has 2 unspecified atom stereocenters. The second kappa shape index (κ2) is 6.28. The van der Waals surface area contributed by atoms with Gasteiger partial charge >= 0.3 is 6.03 Å². The summed E-state index contributed by atoms with van der Waals surface area (Å²) in [5.74, 6) is 0.525. The first-order valence-electron chi connectivity index (χ1n) is 8.90. The van der Waals surface area contributed by atoms with Crippen LogP contribution in [0, 0.1) is 6.92 Å². The molecular weight excluding hydrogens is 334 g/mol. The number of aryl methyl sites for hydroxylation is 1. The monoisotopic (exact) mass is 357 g/mol. The van der Waals surface area contributed by atoms with Crippen molar-refractivity contribution in [3.63, 3.8) is 0 Å². The fourth-order valence-electron chi connectivity index (χ4n) is 3.84. The van der Waals surface area contributed by atoms with Crippen molar-refractivity contribution in [3.05, 3.63) is 29.8 Å². The molecule has 0 radical (unpaired) electrons. The topological polar surface area (TPSA) is 79.7 Å². The molecule has 2 fully saturated rings. The summed E-state index contributed by atoms with van der Waals surface area (Å²) in [7, 11) is 1.68. The molecule has 3 heterocycles. The Kier molecular flexibility index (Phi) is 4.07. The van der Waals surface area contributed by atoms with Gasteiger partial charge in [-0.15, -0.1) is 0 Å². The van der Waals surface area contributed by atoms with Gasteiger partial charge in [-0.25, -0.2) is 9.79 Å². The third-order valence-electron chi connectivity index (χ3n) is 5.26. The van der Waals surface area contributed by atoms with E-state index in [1.807, 2.05) is 24.0 Å². The number of likely N-dealkylation sites (N-methyl/N-ethyl adjacent to an activating group) is 1. The number of guanidine groups is 1. The highest BCUT2D eigenvalue weighted by Gasteiger charge is 2.54. The lowest BCUT2D eigenvalue weighted by atomic mass is 10.1. The predicted molar refractivity (Wildman–Crippen MR) is 96.8 cm³/mol. The van der Waals surface area contributed by atoms with Crippen LogP contribution in [0.15, 0.2) is 29.3 Å². The number of imide groups is 1. The molecule has 26 heavy (non-hydrogen) atoms. The Labute approximate surface area is 152 Å². The van der Waals surface area contributed by atoms with Crippen LogP contribution >= 0.6 is 0 Å². The Balaban J connectivity index is 1.63. The van der Waals surface area contributed by atoms with Gasteiger partial charge < -0.3 is 19.8 Å². The molecule has 1 aromatic rings. The van der Waals surface area contributed by atoms with Crippen LogP contribution in [0.5, 0.6) is 0 Å². The molecule has 138 valence electrons. The molecule has 0 aliphatic carbocycles. The van der Waals surface area contributed by atoms with E-state index in [-0.39, 0.29) is 25.1 Å². The number of nitrogens with zero attached hydrogens (tertiary/aromatic N) is 5. The van der Waals surface area contributed by atoms with Crippen molar-refractivity contribution in [2.45, 2.75) is 25.6 Å². The highest BCUT2D eigenvalue weighted by Crippen LogP contribution is 2.33. The lowest BCUT2D eigenvalue weighted by molar-refractivity contribution is -0.137. The highest BCUT2D eigenvalue weighted by molar-refractivity contribution is 6.07. The Morgan fingerprint density at radius 1 is 1.19 bits per heavy atom. The molecule has 8 nitrogen and oxygen atoms in total. The van der Waals surface area contributed by atoms with Crippen molar-refractivity contribution < 1.29 is 14.7 Å². The number of aliphatic hydroxyl groups is 1. The van der Waals surface area contributed by atoms with Gasteiger partial charge in [-0.2, -0.15) is 0 Å². The molecule has 0 saturated carbocycles. The summed E-state index contributed by atoms with van der Waals surface area (Å²) in [4.78, 5) is 37.1. The average Bonchev–Trinajstić information content (AvgIpc) is 3.20. The van der Waals surface area contributed by atoms with E-state index < -0.39 is 12.2 Å². The van der Waals surface area contributed by atoms with E-state index in [0.717, 1.165) is 18.2 Å². The maximum Gasteiger partial charge on any atom is 0.328 e. The first-order chi connectivity index (χ1) is 12.5. The van der Waals surface area contributed by atoms with E-state index in [0.29, 0.717) is 13.0 Å². The summed E-state index contributed by atoms with van der Waals surface area (Å²) >= 11 is 0. The van der Waals surface area contributed by atoms with Crippen molar-refractivity contribution in [1.82, 2.24) is 14.7 Å². The number of hydrogen-bond acceptors (Lipinski definition) is 6. The van der Waals surface area contributed by atoms with E-state index in [4.69, 9.17) is 10.1 Å². The van der Waals surface area contributed by atoms with Gasteiger partial charge in [0.15, 0.2) is 12.2 Å². The molecule has 8 heteroatoms. The zero-order valence-electron chi connectivity index (χ0n) is 15.0. The molecule has 2 saturated heterocycles. The number of rotatable bonds is 4. The van der Waals surface area contributed by atoms with E-state index >= 15 is 0 Å².